The van der Waals surface area contributed by atoms with Crippen molar-refractivity contribution in [3.05, 3.63) is 185 Å². The molecule has 0 fully saturated rings. The molecular weight excluding hydrogens is 764 g/mol. The van der Waals surface area contributed by atoms with Crippen molar-refractivity contribution in [3.63, 3.8) is 0 Å². The van der Waals surface area contributed by atoms with E-state index >= 15 is 0 Å². The van der Waals surface area contributed by atoms with Gasteiger partial charge in [0.15, 0.2) is 0 Å². The van der Waals surface area contributed by atoms with Crippen molar-refractivity contribution in [1.82, 2.24) is 9.97 Å². The van der Waals surface area contributed by atoms with Gasteiger partial charge in [0, 0.05) is 33.2 Å². The van der Waals surface area contributed by atoms with Crippen molar-refractivity contribution >= 4 is 80.0 Å². The van der Waals surface area contributed by atoms with Crippen LogP contribution in [-0.2, 0) is 0 Å². The molecule has 288 valence electrons. The fourth-order valence-electron chi connectivity index (χ4n) is 6.71. The molecule has 0 radical (unpaired) electrons. The van der Waals surface area contributed by atoms with E-state index in [2.05, 4.69) is 31.2 Å². The number of benzene rings is 6. The number of nitrogens with one attached hydrogen (secondary N) is 4. The van der Waals surface area contributed by atoms with Gasteiger partial charge < -0.3 is 26.0 Å². The smallest absolute Gasteiger partial charge is 0.259 e. The minimum atomic E-state index is -0.622. The number of pyridine rings is 2. The molecule has 59 heavy (non-hydrogen) atoms. The van der Waals surface area contributed by atoms with Gasteiger partial charge in [-0.3, -0.25) is 19.2 Å². The van der Waals surface area contributed by atoms with Gasteiger partial charge in [0.25, 0.3) is 23.6 Å². The van der Waals surface area contributed by atoms with E-state index in [1.807, 2.05) is 60.7 Å². The van der Waals surface area contributed by atoms with E-state index in [-0.39, 0.29) is 61.4 Å². The number of para-hydroxylation sites is 4. The number of halogens is 1. The molecule has 0 spiro atoms. The van der Waals surface area contributed by atoms with Crippen molar-refractivity contribution in [2.75, 3.05) is 28.4 Å². The summed E-state index contributed by atoms with van der Waals surface area (Å²) in [6.45, 7) is 0. The van der Waals surface area contributed by atoms with E-state index in [1.165, 1.54) is 13.2 Å². The number of amides is 4. The summed E-state index contributed by atoms with van der Waals surface area (Å²) in [4.78, 5) is 66.0. The van der Waals surface area contributed by atoms with Gasteiger partial charge in [-0.25, -0.2) is 9.97 Å². The molecule has 2 aromatic heterocycles. The van der Waals surface area contributed by atoms with Crippen LogP contribution < -0.4 is 26.0 Å². The van der Waals surface area contributed by atoms with Crippen LogP contribution in [0, 0.1) is 0 Å². The summed E-state index contributed by atoms with van der Waals surface area (Å²) in [7, 11) is 1.46. The minimum absolute atomic E-state index is 0.0336. The Morgan fingerprint density at radius 3 is 1.64 bits per heavy atom. The molecule has 0 aliphatic rings. The van der Waals surface area contributed by atoms with E-state index < -0.39 is 23.6 Å². The second-order valence-corrected chi connectivity index (χ2v) is 13.6. The molecule has 8 aromatic rings. The molecule has 8 rings (SSSR count). The van der Waals surface area contributed by atoms with E-state index in [1.54, 1.807) is 91.0 Å². The Labute approximate surface area is 343 Å². The average molecular weight is 797 g/mol. The number of anilines is 4. The Bertz CT molecular complexity index is 2950. The molecule has 0 saturated carbocycles. The molecule has 0 atom stereocenters. The maximum Gasteiger partial charge on any atom is 0.259 e. The molecule has 0 unspecified atom stereocenters. The second-order valence-electron chi connectivity index (χ2n) is 13.2. The summed E-state index contributed by atoms with van der Waals surface area (Å²) >= 11 is 6.48. The maximum atomic E-state index is 14.4. The summed E-state index contributed by atoms with van der Waals surface area (Å²) in [6.07, 6.45) is 0. The van der Waals surface area contributed by atoms with E-state index in [0.29, 0.717) is 16.8 Å². The van der Waals surface area contributed by atoms with Crippen LogP contribution in [0.3, 0.4) is 0 Å². The summed E-state index contributed by atoms with van der Waals surface area (Å²) in [5.41, 5.74) is 2.51. The van der Waals surface area contributed by atoms with Gasteiger partial charge in [0.2, 0.25) is 0 Å². The lowest BCUT2D eigenvalue weighted by molar-refractivity contribution is 0.101. The number of carbonyl (C=O) groups excluding carboxylic acids is 4. The van der Waals surface area contributed by atoms with Crippen LogP contribution in [-0.4, -0.2) is 40.7 Å². The van der Waals surface area contributed by atoms with Crippen LogP contribution in [0.25, 0.3) is 32.9 Å². The highest BCUT2D eigenvalue weighted by Gasteiger charge is 2.26. The Morgan fingerprint density at radius 2 is 0.983 bits per heavy atom. The van der Waals surface area contributed by atoms with Crippen molar-refractivity contribution in [1.29, 1.82) is 0 Å². The lowest BCUT2D eigenvalue weighted by Gasteiger charge is -2.21. The SMILES string of the molecule is COc1ccccc1C(=O)Nc1cccc(C(=O)Nc2ccc3ccccc3n2)c1-c1cccc(C(=O)Nc2ccc3ccccc3n2)c1NC(=O)c1ccccc1Cl. The highest BCUT2D eigenvalue weighted by atomic mass is 35.5. The number of aromatic nitrogens is 2. The summed E-state index contributed by atoms with van der Waals surface area (Å²) in [6, 6.07) is 44.9. The van der Waals surface area contributed by atoms with Crippen molar-refractivity contribution in [2.24, 2.45) is 0 Å². The third-order valence-electron chi connectivity index (χ3n) is 9.52. The zero-order chi connectivity index (χ0) is 40.9. The van der Waals surface area contributed by atoms with Crippen LogP contribution in [0.5, 0.6) is 5.75 Å². The van der Waals surface area contributed by atoms with Gasteiger partial charge in [-0.05, 0) is 78.9 Å². The number of ether oxygens (including phenoxy) is 1. The van der Waals surface area contributed by atoms with Gasteiger partial charge >= 0.3 is 0 Å². The lowest BCUT2D eigenvalue weighted by atomic mass is 9.92. The maximum absolute atomic E-state index is 14.4. The van der Waals surface area contributed by atoms with Crippen LogP contribution in [0.1, 0.15) is 41.4 Å². The van der Waals surface area contributed by atoms with Crippen molar-refractivity contribution in [2.45, 2.75) is 0 Å². The Kier molecular flexibility index (Phi) is 10.7. The lowest BCUT2D eigenvalue weighted by Crippen LogP contribution is -2.21. The van der Waals surface area contributed by atoms with E-state index in [0.717, 1.165) is 10.8 Å². The topological polar surface area (TPSA) is 151 Å². The first-order chi connectivity index (χ1) is 28.8. The van der Waals surface area contributed by atoms with Crippen molar-refractivity contribution < 1.29 is 23.9 Å². The minimum Gasteiger partial charge on any atom is -0.496 e. The molecule has 0 aliphatic carbocycles. The molecule has 0 aliphatic heterocycles. The predicted molar refractivity (Wildman–Crippen MR) is 232 cm³/mol. The fraction of sp³-hybridized carbons (Fsp3) is 0.0213. The fourth-order valence-corrected chi connectivity index (χ4v) is 6.93. The van der Waals surface area contributed by atoms with Gasteiger partial charge in [0.05, 0.1) is 45.5 Å². The highest BCUT2D eigenvalue weighted by molar-refractivity contribution is 6.34. The third kappa shape index (κ3) is 8.04. The molecule has 2 heterocycles. The number of fused-ring (bicyclic) bond motifs is 2. The molecular formula is C47H33ClN6O5. The van der Waals surface area contributed by atoms with Gasteiger partial charge in [-0.15, -0.1) is 0 Å². The molecule has 11 nitrogen and oxygen atoms in total. The van der Waals surface area contributed by atoms with E-state index in [4.69, 9.17) is 16.3 Å². The van der Waals surface area contributed by atoms with Crippen LogP contribution >= 0.6 is 11.6 Å². The normalized spacial score (nSPS) is 10.8. The second kappa shape index (κ2) is 16.7. The molecule has 6 aromatic carbocycles. The standard InChI is InChI=1S/C47H33ClN6O5/c1-59-39-23-9-5-15-31(39)45(56)51-38-22-11-17-33(46(57)52-40-26-24-28-12-2-7-20-36(28)49-40)42(38)32-16-10-18-34(43(32)54-44(55)30-14-4-6-19-35(30)48)47(58)53-41-27-25-29-13-3-8-21-37(29)50-41/h2-27H,1H3,(H,51,56)(H,54,55)(H,49,52,57)(H,50,53,58). The number of nitrogens with zero attached hydrogens (tertiary/aromatic N) is 2. The third-order valence-corrected chi connectivity index (χ3v) is 9.85. The number of methoxy groups -OCH3 is 1. The monoisotopic (exact) mass is 796 g/mol. The van der Waals surface area contributed by atoms with Crippen LogP contribution in [0.15, 0.2) is 158 Å². The quantitative estimate of drug-likeness (QED) is 0.108. The van der Waals surface area contributed by atoms with Crippen LogP contribution in [0.2, 0.25) is 5.02 Å². The zero-order valence-corrected chi connectivity index (χ0v) is 32.1. The first kappa shape index (κ1) is 38.0. The number of hydrogen-bond donors (Lipinski definition) is 4. The number of carbonyl (C=O) groups is 4. The summed E-state index contributed by atoms with van der Waals surface area (Å²) in [5, 5.41) is 13.6. The van der Waals surface area contributed by atoms with Gasteiger partial charge in [-0.2, -0.15) is 0 Å². The number of hydrogen-bond acceptors (Lipinski definition) is 7. The van der Waals surface area contributed by atoms with E-state index in [9.17, 15) is 19.2 Å². The predicted octanol–water partition coefficient (Wildman–Crippen LogP) is 10.1. The number of rotatable bonds is 10. The summed E-state index contributed by atoms with van der Waals surface area (Å²) < 4.78 is 5.47. The van der Waals surface area contributed by atoms with Gasteiger partial charge in [0.1, 0.15) is 17.4 Å². The largest absolute Gasteiger partial charge is 0.496 e. The Morgan fingerprint density at radius 1 is 0.475 bits per heavy atom. The highest BCUT2D eigenvalue weighted by Crippen LogP contribution is 2.40. The average Bonchev–Trinajstić information content (AvgIpc) is 3.26. The first-order valence-electron chi connectivity index (χ1n) is 18.4. The van der Waals surface area contributed by atoms with Gasteiger partial charge in [-0.1, -0.05) is 90.5 Å². The molecule has 0 saturated heterocycles. The van der Waals surface area contributed by atoms with Crippen molar-refractivity contribution in [3.8, 4) is 16.9 Å². The summed E-state index contributed by atoms with van der Waals surface area (Å²) in [5.74, 6) is -1.45. The molecule has 0 bridgehead atoms. The zero-order valence-electron chi connectivity index (χ0n) is 31.3. The Hall–Kier alpha value is -7.89. The molecule has 12 heteroatoms. The first-order valence-corrected chi connectivity index (χ1v) is 18.8. The molecule has 4 amide bonds. The van der Waals surface area contributed by atoms with Crippen LogP contribution in [0.4, 0.5) is 23.0 Å². The molecule has 4 N–H and O–H groups in total. The Balaban J connectivity index is 1.28.